The molecule has 0 atom stereocenters. The zero-order valence-corrected chi connectivity index (χ0v) is 13.8. The molecule has 25 heavy (non-hydrogen) atoms. The lowest BCUT2D eigenvalue weighted by Gasteiger charge is -2.15. The van der Waals surface area contributed by atoms with Crippen LogP contribution in [0.5, 0.6) is 5.75 Å². The van der Waals surface area contributed by atoms with E-state index < -0.39 is 0 Å². The standard InChI is InChI=1S/C20H20N4O/c21-20-23-12-17-19(24-20)16(11-22-17)10-15-8-4-5-9-18(15)25-13-14-6-2-1-3-7-14/h1-9,11,22H,10,12-13H2,(H3,21,23,24). The molecule has 0 fully saturated rings. The van der Waals surface area contributed by atoms with Crippen molar-refractivity contribution in [2.24, 2.45) is 10.7 Å². The number of aromatic amines is 1. The van der Waals surface area contributed by atoms with Gasteiger partial charge in [0.25, 0.3) is 0 Å². The molecule has 0 radical (unpaired) electrons. The van der Waals surface area contributed by atoms with Gasteiger partial charge in [-0.3, -0.25) is 0 Å². The van der Waals surface area contributed by atoms with Gasteiger partial charge in [0.15, 0.2) is 5.96 Å². The molecule has 1 aliphatic heterocycles. The second kappa shape index (κ2) is 6.73. The molecule has 1 aliphatic rings. The van der Waals surface area contributed by atoms with Crippen molar-refractivity contribution < 1.29 is 4.74 Å². The van der Waals surface area contributed by atoms with Gasteiger partial charge in [0, 0.05) is 12.6 Å². The van der Waals surface area contributed by atoms with Crippen LogP contribution in [0.15, 0.2) is 65.8 Å². The number of hydrogen-bond donors (Lipinski definition) is 3. The number of guanidine groups is 1. The third-order valence-corrected chi connectivity index (χ3v) is 4.29. The van der Waals surface area contributed by atoms with E-state index in [1.807, 2.05) is 42.6 Å². The normalized spacial score (nSPS) is 12.9. The summed E-state index contributed by atoms with van der Waals surface area (Å²) >= 11 is 0. The van der Waals surface area contributed by atoms with Crippen LogP contribution in [0.3, 0.4) is 0 Å². The van der Waals surface area contributed by atoms with Gasteiger partial charge in [-0.2, -0.15) is 0 Å². The van der Waals surface area contributed by atoms with Crippen LogP contribution >= 0.6 is 0 Å². The lowest BCUT2D eigenvalue weighted by molar-refractivity contribution is 0.303. The van der Waals surface area contributed by atoms with E-state index in [1.54, 1.807) is 0 Å². The van der Waals surface area contributed by atoms with Crippen LogP contribution in [-0.4, -0.2) is 10.9 Å². The second-order valence-electron chi connectivity index (χ2n) is 6.05. The van der Waals surface area contributed by atoms with E-state index in [1.165, 1.54) is 0 Å². The molecule has 0 aliphatic carbocycles. The van der Waals surface area contributed by atoms with Crippen LogP contribution in [0, 0.1) is 0 Å². The fourth-order valence-electron chi connectivity index (χ4n) is 3.00. The molecule has 5 nitrogen and oxygen atoms in total. The minimum atomic E-state index is 0.460. The van der Waals surface area contributed by atoms with Gasteiger partial charge >= 0.3 is 0 Å². The van der Waals surface area contributed by atoms with Crippen LogP contribution in [-0.2, 0) is 19.6 Å². The first-order valence-corrected chi connectivity index (χ1v) is 8.30. The van der Waals surface area contributed by atoms with Crippen molar-refractivity contribution in [1.29, 1.82) is 0 Å². The van der Waals surface area contributed by atoms with Gasteiger partial charge in [0.2, 0.25) is 0 Å². The number of nitrogens with one attached hydrogen (secondary N) is 2. The van der Waals surface area contributed by atoms with E-state index in [2.05, 4.69) is 33.5 Å². The van der Waals surface area contributed by atoms with E-state index in [0.29, 0.717) is 19.1 Å². The van der Waals surface area contributed by atoms with Crippen LogP contribution in [0.25, 0.3) is 0 Å². The number of para-hydroxylation sites is 1. The average molecular weight is 332 g/mol. The molecule has 5 heteroatoms. The number of ether oxygens (including phenoxy) is 1. The minimum absolute atomic E-state index is 0.460. The van der Waals surface area contributed by atoms with E-state index in [9.17, 15) is 0 Å². The monoisotopic (exact) mass is 332 g/mol. The number of aromatic nitrogens is 1. The van der Waals surface area contributed by atoms with E-state index in [4.69, 9.17) is 10.5 Å². The summed E-state index contributed by atoms with van der Waals surface area (Å²) in [7, 11) is 0. The van der Waals surface area contributed by atoms with Gasteiger partial charge in [0.1, 0.15) is 12.4 Å². The molecule has 2 heterocycles. The zero-order chi connectivity index (χ0) is 17.1. The Labute approximate surface area is 146 Å². The molecule has 2 aromatic carbocycles. The lowest BCUT2D eigenvalue weighted by Crippen LogP contribution is -2.26. The summed E-state index contributed by atoms with van der Waals surface area (Å²) in [5.41, 5.74) is 11.4. The summed E-state index contributed by atoms with van der Waals surface area (Å²) in [6.07, 6.45) is 2.77. The van der Waals surface area contributed by atoms with Crippen molar-refractivity contribution in [2.75, 3.05) is 5.32 Å². The Morgan fingerprint density at radius 3 is 2.68 bits per heavy atom. The minimum Gasteiger partial charge on any atom is -0.489 e. The predicted molar refractivity (Wildman–Crippen MR) is 99.8 cm³/mol. The molecule has 0 bridgehead atoms. The molecular weight excluding hydrogens is 312 g/mol. The number of rotatable bonds is 5. The summed E-state index contributed by atoms with van der Waals surface area (Å²) in [5.74, 6) is 1.36. The summed E-state index contributed by atoms with van der Waals surface area (Å²) in [5, 5.41) is 3.16. The Bertz CT molecular complexity index is 899. The number of aliphatic imine (C=N–C) groups is 1. The third-order valence-electron chi connectivity index (χ3n) is 4.29. The van der Waals surface area contributed by atoms with Gasteiger partial charge in [-0.25, -0.2) is 4.99 Å². The Kier molecular flexibility index (Phi) is 4.12. The number of H-pyrrole nitrogens is 1. The highest BCUT2D eigenvalue weighted by Crippen LogP contribution is 2.29. The van der Waals surface area contributed by atoms with Crippen molar-refractivity contribution in [3.05, 3.63) is 83.2 Å². The topological polar surface area (TPSA) is 75.4 Å². The zero-order valence-electron chi connectivity index (χ0n) is 13.8. The molecule has 4 rings (SSSR count). The van der Waals surface area contributed by atoms with Gasteiger partial charge in [-0.15, -0.1) is 0 Å². The predicted octanol–water partition coefficient (Wildman–Crippen LogP) is 3.42. The fourth-order valence-corrected chi connectivity index (χ4v) is 3.00. The first kappa shape index (κ1) is 15.3. The molecule has 0 unspecified atom stereocenters. The average Bonchev–Trinajstić information content (AvgIpc) is 3.04. The molecule has 4 N–H and O–H groups in total. The smallest absolute Gasteiger partial charge is 0.193 e. The van der Waals surface area contributed by atoms with Gasteiger partial charge in [-0.05, 0) is 22.8 Å². The van der Waals surface area contributed by atoms with Crippen LogP contribution in [0.1, 0.15) is 22.4 Å². The highest BCUT2D eigenvalue weighted by molar-refractivity contribution is 5.95. The van der Waals surface area contributed by atoms with Crippen LogP contribution < -0.4 is 15.8 Å². The van der Waals surface area contributed by atoms with Gasteiger partial charge in [-0.1, -0.05) is 48.5 Å². The maximum atomic E-state index is 6.06. The highest BCUT2D eigenvalue weighted by atomic mass is 16.5. The summed E-state index contributed by atoms with van der Waals surface area (Å²) in [6.45, 7) is 1.14. The first-order valence-electron chi connectivity index (χ1n) is 8.30. The van der Waals surface area contributed by atoms with E-state index in [0.717, 1.165) is 40.2 Å². The summed E-state index contributed by atoms with van der Waals surface area (Å²) in [4.78, 5) is 7.48. The molecule has 3 aromatic rings. The molecule has 126 valence electrons. The summed E-state index contributed by atoms with van der Waals surface area (Å²) < 4.78 is 6.06. The second-order valence-corrected chi connectivity index (χ2v) is 6.05. The lowest BCUT2D eigenvalue weighted by atomic mass is 10.0. The quantitative estimate of drug-likeness (QED) is 0.670. The Hall–Kier alpha value is -3.21. The fraction of sp³-hybridized carbons (Fsp3) is 0.150. The van der Waals surface area contributed by atoms with Crippen molar-refractivity contribution in [3.8, 4) is 5.75 Å². The number of anilines is 1. The number of hydrogen-bond acceptors (Lipinski definition) is 4. The van der Waals surface area contributed by atoms with Crippen molar-refractivity contribution in [3.63, 3.8) is 0 Å². The largest absolute Gasteiger partial charge is 0.489 e. The van der Waals surface area contributed by atoms with E-state index in [-0.39, 0.29) is 0 Å². The Balaban J connectivity index is 1.53. The van der Waals surface area contributed by atoms with Gasteiger partial charge in [0.05, 0.1) is 17.9 Å². The SMILES string of the molecule is NC1=NCc2[nH]cc(Cc3ccccc3OCc3ccccc3)c2N1. The van der Waals surface area contributed by atoms with E-state index >= 15 is 0 Å². The highest BCUT2D eigenvalue weighted by Gasteiger charge is 2.17. The van der Waals surface area contributed by atoms with Crippen molar-refractivity contribution >= 4 is 11.6 Å². The van der Waals surface area contributed by atoms with Crippen molar-refractivity contribution in [1.82, 2.24) is 4.98 Å². The number of fused-ring (bicyclic) bond motifs is 1. The number of benzene rings is 2. The number of nitrogens with zero attached hydrogens (tertiary/aromatic N) is 1. The van der Waals surface area contributed by atoms with Crippen LogP contribution in [0.4, 0.5) is 5.69 Å². The Morgan fingerprint density at radius 1 is 1.00 bits per heavy atom. The first-order chi connectivity index (χ1) is 12.3. The molecule has 0 saturated carbocycles. The molecule has 1 aromatic heterocycles. The molecule has 0 amide bonds. The van der Waals surface area contributed by atoms with Crippen LogP contribution in [0.2, 0.25) is 0 Å². The molecule has 0 saturated heterocycles. The number of nitrogens with two attached hydrogens (primary N) is 1. The Morgan fingerprint density at radius 2 is 1.80 bits per heavy atom. The van der Waals surface area contributed by atoms with Crippen molar-refractivity contribution in [2.45, 2.75) is 19.6 Å². The maximum absolute atomic E-state index is 6.06. The van der Waals surface area contributed by atoms with Gasteiger partial charge < -0.3 is 20.8 Å². The molecule has 0 spiro atoms. The maximum Gasteiger partial charge on any atom is 0.193 e. The summed E-state index contributed by atoms with van der Waals surface area (Å²) in [6, 6.07) is 18.3. The third kappa shape index (κ3) is 3.35. The molecular formula is C20H20N4O.